The quantitative estimate of drug-likeness (QED) is 0.682. The highest BCUT2D eigenvalue weighted by Crippen LogP contribution is 2.29. The van der Waals surface area contributed by atoms with Crippen molar-refractivity contribution in [3.8, 4) is 17.0 Å². The summed E-state index contributed by atoms with van der Waals surface area (Å²) in [5.41, 5.74) is 1.62. The van der Waals surface area contributed by atoms with Crippen molar-refractivity contribution in [3.63, 3.8) is 0 Å². The zero-order valence-corrected chi connectivity index (χ0v) is 14.7. The molecule has 0 amide bonds. The summed E-state index contributed by atoms with van der Waals surface area (Å²) in [6.07, 6.45) is 0.0301. The predicted octanol–water partition coefficient (Wildman–Crippen LogP) is 3.72. The Bertz CT molecular complexity index is 924. The Morgan fingerprint density at radius 1 is 1.26 bits per heavy atom. The SMILES string of the molecule is CC(C)[C@@H](CO)Nc1nccn2c(-c3cccc(OC(F)(F)F)c3)cnc12. The number of nitrogens with zero attached hydrogens (tertiary/aromatic N) is 3. The van der Waals surface area contributed by atoms with E-state index < -0.39 is 6.36 Å². The predicted molar refractivity (Wildman–Crippen MR) is 94.4 cm³/mol. The van der Waals surface area contributed by atoms with Crippen LogP contribution in [0.1, 0.15) is 13.8 Å². The molecular formula is C18H19F3N4O2. The molecule has 0 spiro atoms. The van der Waals surface area contributed by atoms with Crippen molar-refractivity contribution < 1.29 is 23.0 Å². The average molecular weight is 380 g/mol. The smallest absolute Gasteiger partial charge is 0.406 e. The second kappa shape index (κ2) is 7.43. The molecule has 6 nitrogen and oxygen atoms in total. The Kier molecular flexibility index (Phi) is 5.22. The van der Waals surface area contributed by atoms with Crippen molar-refractivity contribution in [2.75, 3.05) is 11.9 Å². The molecular weight excluding hydrogens is 361 g/mol. The lowest BCUT2D eigenvalue weighted by Gasteiger charge is -2.20. The van der Waals surface area contributed by atoms with Gasteiger partial charge in [-0.2, -0.15) is 0 Å². The minimum absolute atomic E-state index is 0.0647. The summed E-state index contributed by atoms with van der Waals surface area (Å²) < 4.78 is 43.1. The van der Waals surface area contributed by atoms with Gasteiger partial charge in [-0.3, -0.25) is 4.40 Å². The fourth-order valence-corrected chi connectivity index (χ4v) is 2.69. The van der Waals surface area contributed by atoms with Crippen LogP contribution in [0.2, 0.25) is 0 Å². The fraction of sp³-hybridized carbons (Fsp3) is 0.333. The third kappa shape index (κ3) is 4.30. The van der Waals surface area contributed by atoms with E-state index in [1.807, 2.05) is 13.8 Å². The van der Waals surface area contributed by atoms with Gasteiger partial charge in [-0.25, -0.2) is 9.97 Å². The van der Waals surface area contributed by atoms with Gasteiger partial charge < -0.3 is 15.2 Å². The molecule has 2 heterocycles. The molecule has 3 aromatic rings. The number of benzene rings is 1. The number of nitrogens with one attached hydrogen (secondary N) is 1. The third-order valence-electron chi connectivity index (χ3n) is 4.11. The summed E-state index contributed by atoms with van der Waals surface area (Å²) >= 11 is 0. The molecule has 0 unspecified atom stereocenters. The molecule has 0 aliphatic heterocycles. The Balaban J connectivity index is 1.98. The molecule has 0 radical (unpaired) electrons. The van der Waals surface area contributed by atoms with Crippen molar-refractivity contribution >= 4 is 11.5 Å². The Labute approximate surface area is 153 Å². The van der Waals surface area contributed by atoms with E-state index >= 15 is 0 Å². The molecule has 2 N–H and O–H groups in total. The number of aliphatic hydroxyl groups is 1. The van der Waals surface area contributed by atoms with Crippen LogP contribution in [0.25, 0.3) is 16.9 Å². The largest absolute Gasteiger partial charge is 0.573 e. The van der Waals surface area contributed by atoms with E-state index in [0.717, 1.165) is 0 Å². The summed E-state index contributed by atoms with van der Waals surface area (Å²) in [5.74, 6) is 0.351. The summed E-state index contributed by atoms with van der Waals surface area (Å²) in [7, 11) is 0. The highest BCUT2D eigenvalue weighted by atomic mass is 19.4. The maximum absolute atomic E-state index is 12.5. The Morgan fingerprint density at radius 3 is 2.70 bits per heavy atom. The van der Waals surface area contributed by atoms with Crippen LogP contribution in [0.15, 0.2) is 42.9 Å². The highest BCUT2D eigenvalue weighted by Gasteiger charge is 2.31. The lowest BCUT2D eigenvalue weighted by Crippen LogP contribution is -2.30. The van der Waals surface area contributed by atoms with Gasteiger partial charge in [-0.05, 0) is 18.1 Å². The molecule has 0 aliphatic carbocycles. The van der Waals surface area contributed by atoms with Crippen LogP contribution in [0, 0.1) is 5.92 Å². The van der Waals surface area contributed by atoms with Crippen LogP contribution < -0.4 is 10.1 Å². The van der Waals surface area contributed by atoms with Crippen molar-refractivity contribution in [2.24, 2.45) is 5.92 Å². The number of halogens is 3. The first-order chi connectivity index (χ1) is 12.8. The lowest BCUT2D eigenvalue weighted by molar-refractivity contribution is -0.274. The van der Waals surface area contributed by atoms with Crippen LogP contribution in [0.5, 0.6) is 5.75 Å². The molecule has 144 valence electrons. The fourth-order valence-electron chi connectivity index (χ4n) is 2.69. The first kappa shape index (κ1) is 19.0. The second-order valence-electron chi connectivity index (χ2n) is 6.37. The highest BCUT2D eigenvalue weighted by molar-refractivity contribution is 5.71. The molecule has 9 heteroatoms. The molecule has 1 atom stereocenters. The van der Waals surface area contributed by atoms with Crippen LogP contribution in [0.3, 0.4) is 0 Å². The summed E-state index contributed by atoms with van der Waals surface area (Å²) in [6.45, 7) is 3.87. The maximum atomic E-state index is 12.5. The molecule has 0 saturated heterocycles. The Morgan fingerprint density at radius 2 is 2.04 bits per heavy atom. The first-order valence-corrected chi connectivity index (χ1v) is 8.34. The zero-order valence-electron chi connectivity index (χ0n) is 14.7. The van der Waals surface area contributed by atoms with Crippen molar-refractivity contribution in [2.45, 2.75) is 26.3 Å². The minimum atomic E-state index is -4.75. The standard InChI is InChI=1S/C18H19F3N4O2/c1-11(2)14(10-26)24-16-17-23-9-15(25(17)7-6-22-16)12-4-3-5-13(8-12)27-18(19,20)21/h3-9,11,14,26H,10H2,1-2H3,(H,22,24)/t14-/m1/s1. The van der Waals surface area contributed by atoms with E-state index in [1.165, 1.54) is 18.2 Å². The van der Waals surface area contributed by atoms with Gasteiger partial charge in [0, 0.05) is 18.0 Å². The molecule has 3 rings (SSSR count). The van der Waals surface area contributed by atoms with Gasteiger partial charge in [-0.15, -0.1) is 13.2 Å². The minimum Gasteiger partial charge on any atom is -0.406 e. The van der Waals surface area contributed by atoms with Crippen LogP contribution >= 0.6 is 0 Å². The van der Waals surface area contributed by atoms with Gasteiger partial charge in [0.05, 0.1) is 24.5 Å². The summed E-state index contributed by atoms with van der Waals surface area (Å²) in [4.78, 5) is 8.61. The van der Waals surface area contributed by atoms with Gasteiger partial charge in [0.25, 0.3) is 0 Å². The maximum Gasteiger partial charge on any atom is 0.573 e. The zero-order chi connectivity index (χ0) is 19.6. The molecule has 1 aromatic carbocycles. The Hall–Kier alpha value is -2.81. The van der Waals surface area contributed by atoms with Gasteiger partial charge in [0.15, 0.2) is 11.5 Å². The van der Waals surface area contributed by atoms with Crippen molar-refractivity contribution in [1.29, 1.82) is 0 Å². The number of imidazole rings is 1. The monoisotopic (exact) mass is 380 g/mol. The molecule has 0 bridgehead atoms. The van der Waals surface area contributed by atoms with Crippen molar-refractivity contribution in [3.05, 3.63) is 42.9 Å². The number of aliphatic hydroxyl groups excluding tert-OH is 1. The normalized spacial score (nSPS) is 13.1. The number of aromatic nitrogens is 3. The molecule has 0 fully saturated rings. The summed E-state index contributed by atoms with van der Waals surface area (Å²) in [5, 5.41) is 12.7. The van der Waals surface area contributed by atoms with Gasteiger partial charge in [0.2, 0.25) is 0 Å². The van der Waals surface area contributed by atoms with E-state index in [-0.39, 0.29) is 24.3 Å². The molecule has 27 heavy (non-hydrogen) atoms. The lowest BCUT2D eigenvalue weighted by atomic mass is 10.1. The van der Waals surface area contributed by atoms with E-state index in [0.29, 0.717) is 22.7 Å². The van der Waals surface area contributed by atoms with Gasteiger partial charge >= 0.3 is 6.36 Å². The van der Waals surface area contributed by atoms with Crippen molar-refractivity contribution in [1.82, 2.24) is 14.4 Å². The van der Waals surface area contributed by atoms with Gasteiger partial charge in [0.1, 0.15) is 5.75 Å². The average Bonchev–Trinajstić information content (AvgIpc) is 3.03. The second-order valence-corrected chi connectivity index (χ2v) is 6.37. The number of anilines is 1. The van der Waals surface area contributed by atoms with E-state index in [9.17, 15) is 18.3 Å². The molecule has 0 saturated carbocycles. The first-order valence-electron chi connectivity index (χ1n) is 8.34. The number of rotatable bonds is 6. The van der Waals surface area contributed by atoms with E-state index in [2.05, 4.69) is 20.0 Å². The topological polar surface area (TPSA) is 71.7 Å². The van der Waals surface area contributed by atoms with Gasteiger partial charge in [-0.1, -0.05) is 26.0 Å². The third-order valence-corrected chi connectivity index (χ3v) is 4.11. The molecule has 0 aliphatic rings. The van der Waals surface area contributed by atoms with E-state index in [4.69, 9.17) is 0 Å². The number of alkyl halides is 3. The number of hydrogen-bond donors (Lipinski definition) is 2. The van der Waals surface area contributed by atoms with Crippen LogP contribution in [0.4, 0.5) is 19.0 Å². The molecule has 2 aromatic heterocycles. The van der Waals surface area contributed by atoms with Crippen LogP contribution in [-0.2, 0) is 0 Å². The number of ether oxygens (including phenoxy) is 1. The number of hydrogen-bond acceptors (Lipinski definition) is 5. The number of fused-ring (bicyclic) bond motifs is 1. The van der Waals surface area contributed by atoms with Crippen LogP contribution in [-0.4, -0.2) is 38.5 Å². The summed E-state index contributed by atoms with van der Waals surface area (Å²) in [6, 6.07) is 5.49. The van der Waals surface area contributed by atoms with E-state index in [1.54, 1.807) is 29.1 Å².